The topological polar surface area (TPSA) is 0 Å². The summed E-state index contributed by atoms with van der Waals surface area (Å²) in [4.78, 5) is 0. The highest BCUT2D eigenvalue weighted by molar-refractivity contribution is 7.17. The van der Waals surface area contributed by atoms with Crippen molar-refractivity contribution < 1.29 is 0 Å². The molecule has 0 saturated carbocycles. The van der Waals surface area contributed by atoms with E-state index in [1.165, 1.54) is 15.6 Å². The minimum absolute atomic E-state index is 1.14. The molecule has 0 saturated heterocycles. The maximum absolute atomic E-state index is 2.25. The van der Waals surface area contributed by atoms with E-state index in [2.05, 4.69) is 36.6 Å². The fraction of sp³-hybridized carbons (Fsp3) is 0.200. The van der Waals surface area contributed by atoms with Crippen molar-refractivity contribution in [2.75, 3.05) is 0 Å². The molecule has 1 heteroatoms. The van der Waals surface area contributed by atoms with Crippen LogP contribution < -0.4 is 0 Å². The standard InChI is InChI=1S/C10H10S/c1-2-8-7-11-10-6-4-3-5-9(8)10/h3-7H,2H2,1H3. The number of hydrogen-bond acceptors (Lipinski definition) is 1. The van der Waals surface area contributed by atoms with E-state index in [0.717, 1.165) is 6.42 Å². The molecule has 0 N–H and O–H groups in total. The summed E-state index contributed by atoms with van der Waals surface area (Å²) in [6.07, 6.45) is 1.14. The molecule has 1 heterocycles. The van der Waals surface area contributed by atoms with Crippen LogP contribution >= 0.6 is 11.3 Å². The van der Waals surface area contributed by atoms with Gasteiger partial charge in [0.1, 0.15) is 0 Å². The molecule has 0 amide bonds. The van der Waals surface area contributed by atoms with E-state index in [0.29, 0.717) is 0 Å². The molecule has 1 aromatic heterocycles. The van der Waals surface area contributed by atoms with Crippen molar-refractivity contribution in [1.29, 1.82) is 0 Å². The normalized spacial score (nSPS) is 10.6. The summed E-state index contributed by atoms with van der Waals surface area (Å²) in [6, 6.07) is 8.58. The van der Waals surface area contributed by atoms with Crippen LogP contribution in [0.1, 0.15) is 12.5 Å². The van der Waals surface area contributed by atoms with Crippen molar-refractivity contribution in [3.63, 3.8) is 0 Å². The smallest absolute Gasteiger partial charge is 0.0345 e. The van der Waals surface area contributed by atoms with Crippen LogP contribution in [0.3, 0.4) is 0 Å². The lowest BCUT2D eigenvalue weighted by atomic mass is 10.1. The first-order valence-electron chi connectivity index (χ1n) is 3.87. The number of rotatable bonds is 1. The number of fused-ring (bicyclic) bond motifs is 1. The molecular formula is C10H10S. The average molecular weight is 162 g/mol. The largest absolute Gasteiger partial charge is 0.144 e. The van der Waals surface area contributed by atoms with E-state index in [4.69, 9.17) is 0 Å². The lowest BCUT2D eigenvalue weighted by molar-refractivity contribution is 1.17. The van der Waals surface area contributed by atoms with Crippen molar-refractivity contribution in [3.8, 4) is 0 Å². The molecule has 0 aliphatic carbocycles. The van der Waals surface area contributed by atoms with Gasteiger partial charge in [-0.25, -0.2) is 0 Å². The molecule has 2 aromatic rings. The van der Waals surface area contributed by atoms with Crippen molar-refractivity contribution >= 4 is 21.4 Å². The molecule has 0 nitrogen and oxygen atoms in total. The third kappa shape index (κ3) is 1.05. The van der Waals surface area contributed by atoms with E-state index in [9.17, 15) is 0 Å². The first-order valence-corrected chi connectivity index (χ1v) is 4.75. The van der Waals surface area contributed by atoms with Crippen LogP contribution in [0.15, 0.2) is 29.6 Å². The summed E-state index contributed by atoms with van der Waals surface area (Å²) in [6.45, 7) is 2.20. The van der Waals surface area contributed by atoms with E-state index < -0.39 is 0 Å². The Morgan fingerprint density at radius 1 is 1.27 bits per heavy atom. The Morgan fingerprint density at radius 3 is 2.91 bits per heavy atom. The van der Waals surface area contributed by atoms with Crippen molar-refractivity contribution in [2.24, 2.45) is 0 Å². The number of hydrogen-bond donors (Lipinski definition) is 0. The minimum Gasteiger partial charge on any atom is -0.144 e. The Bertz CT molecular complexity index is 360. The second-order valence-electron chi connectivity index (χ2n) is 2.61. The fourth-order valence-corrected chi connectivity index (χ4v) is 2.35. The summed E-state index contributed by atoms with van der Waals surface area (Å²) < 4.78 is 1.41. The van der Waals surface area contributed by atoms with E-state index in [-0.39, 0.29) is 0 Å². The van der Waals surface area contributed by atoms with Crippen LogP contribution in [0.4, 0.5) is 0 Å². The highest BCUT2D eigenvalue weighted by Crippen LogP contribution is 2.25. The molecule has 0 spiro atoms. The lowest BCUT2D eigenvalue weighted by Crippen LogP contribution is -1.72. The zero-order valence-corrected chi connectivity index (χ0v) is 7.32. The highest BCUT2D eigenvalue weighted by Gasteiger charge is 1.98. The van der Waals surface area contributed by atoms with Gasteiger partial charge in [-0.15, -0.1) is 11.3 Å². The van der Waals surface area contributed by atoms with E-state index in [1.807, 2.05) is 11.3 Å². The van der Waals surface area contributed by atoms with Gasteiger partial charge in [0.15, 0.2) is 0 Å². The molecule has 56 valence electrons. The van der Waals surface area contributed by atoms with Crippen LogP contribution in [0, 0.1) is 0 Å². The van der Waals surface area contributed by atoms with Gasteiger partial charge in [0.05, 0.1) is 0 Å². The maximum atomic E-state index is 2.25. The fourth-order valence-electron chi connectivity index (χ4n) is 1.31. The Hall–Kier alpha value is -0.820. The lowest BCUT2D eigenvalue weighted by Gasteiger charge is -1.90. The number of thiophene rings is 1. The second kappa shape index (κ2) is 2.67. The van der Waals surface area contributed by atoms with Gasteiger partial charge < -0.3 is 0 Å². The molecular weight excluding hydrogens is 152 g/mol. The van der Waals surface area contributed by atoms with Crippen LogP contribution in [-0.4, -0.2) is 0 Å². The van der Waals surface area contributed by atoms with Gasteiger partial charge in [0.25, 0.3) is 0 Å². The molecule has 0 atom stereocenters. The number of benzene rings is 1. The summed E-state index contributed by atoms with van der Waals surface area (Å²) in [5, 5.41) is 3.69. The predicted molar refractivity (Wildman–Crippen MR) is 51.2 cm³/mol. The van der Waals surface area contributed by atoms with Gasteiger partial charge in [-0.1, -0.05) is 25.1 Å². The van der Waals surface area contributed by atoms with Gasteiger partial charge in [0.2, 0.25) is 0 Å². The van der Waals surface area contributed by atoms with Crippen LogP contribution in [0.5, 0.6) is 0 Å². The highest BCUT2D eigenvalue weighted by atomic mass is 32.1. The molecule has 1 aromatic carbocycles. The summed E-state index contributed by atoms with van der Waals surface area (Å²) in [5.41, 5.74) is 1.48. The molecule has 0 radical (unpaired) electrons. The molecule has 0 bridgehead atoms. The summed E-state index contributed by atoms with van der Waals surface area (Å²) in [5.74, 6) is 0. The monoisotopic (exact) mass is 162 g/mol. The molecule has 2 rings (SSSR count). The zero-order valence-electron chi connectivity index (χ0n) is 6.50. The molecule has 11 heavy (non-hydrogen) atoms. The van der Waals surface area contributed by atoms with Gasteiger partial charge in [-0.2, -0.15) is 0 Å². The SMILES string of the molecule is CCc1csc2ccccc12. The second-order valence-corrected chi connectivity index (χ2v) is 3.52. The predicted octanol–water partition coefficient (Wildman–Crippen LogP) is 3.46. The van der Waals surface area contributed by atoms with Crippen LogP contribution in [0.25, 0.3) is 10.1 Å². The van der Waals surface area contributed by atoms with Crippen LogP contribution in [0.2, 0.25) is 0 Å². The van der Waals surface area contributed by atoms with E-state index in [1.54, 1.807) is 0 Å². The average Bonchev–Trinajstić information content (AvgIpc) is 2.47. The zero-order chi connectivity index (χ0) is 7.68. The molecule has 0 aliphatic rings. The van der Waals surface area contributed by atoms with Crippen molar-refractivity contribution in [1.82, 2.24) is 0 Å². The number of aryl methyl sites for hydroxylation is 1. The van der Waals surface area contributed by atoms with Gasteiger partial charge in [-0.3, -0.25) is 0 Å². The van der Waals surface area contributed by atoms with E-state index >= 15 is 0 Å². The Morgan fingerprint density at radius 2 is 2.09 bits per heavy atom. The third-order valence-electron chi connectivity index (χ3n) is 1.94. The minimum atomic E-state index is 1.14. The first-order chi connectivity index (χ1) is 5.42. The van der Waals surface area contributed by atoms with Crippen LogP contribution in [-0.2, 0) is 6.42 Å². The molecule has 0 aliphatic heterocycles. The summed E-state index contributed by atoms with van der Waals surface area (Å²) in [7, 11) is 0. The van der Waals surface area contributed by atoms with Crippen molar-refractivity contribution in [3.05, 3.63) is 35.2 Å². The van der Waals surface area contributed by atoms with Gasteiger partial charge in [-0.05, 0) is 28.8 Å². The van der Waals surface area contributed by atoms with Gasteiger partial charge in [0, 0.05) is 4.70 Å². The molecule has 0 unspecified atom stereocenters. The van der Waals surface area contributed by atoms with Crippen molar-refractivity contribution in [2.45, 2.75) is 13.3 Å². The van der Waals surface area contributed by atoms with Gasteiger partial charge >= 0.3 is 0 Å². The Kier molecular flexibility index (Phi) is 1.66. The Balaban J connectivity index is 2.76. The molecule has 0 fully saturated rings. The Labute approximate surface area is 70.5 Å². The maximum Gasteiger partial charge on any atom is 0.0345 e. The summed E-state index contributed by atoms with van der Waals surface area (Å²) >= 11 is 1.84. The third-order valence-corrected chi connectivity index (χ3v) is 2.95. The quantitative estimate of drug-likeness (QED) is 0.602. The first kappa shape index (κ1) is 6.86.